The number of aliphatic hydroxyl groups is 1. The molecule has 5 rings (SSSR count). The minimum Gasteiger partial charge on any atom is -0.392 e. The summed E-state index contributed by atoms with van der Waals surface area (Å²) in [7, 11) is 0. The summed E-state index contributed by atoms with van der Waals surface area (Å²) < 4.78 is 13.4. The summed E-state index contributed by atoms with van der Waals surface area (Å²) in [4.78, 5) is 26.0. The van der Waals surface area contributed by atoms with Gasteiger partial charge in [-0.05, 0) is 59.2 Å². The number of nitrogens with zero attached hydrogens (tertiary/aromatic N) is 1. The minimum absolute atomic E-state index is 0.00391. The molecule has 1 aliphatic heterocycles. The molecule has 0 unspecified atom stereocenters. The summed E-state index contributed by atoms with van der Waals surface area (Å²) in [6, 6.07) is 24.8. The molecule has 0 aromatic heterocycles. The highest BCUT2D eigenvalue weighted by Crippen LogP contribution is 2.39. The molecule has 0 spiro atoms. The maximum atomic E-state index is 12.3. The van der Waals surface area contributed by atoms with E-state index in [-0.39, 0.29) is 37.6 Å². The van der Waals surface area contributed by atoms with Crippen molar-refractivity contribution >= 4 is 11.8 Å². The zero-order valence-corrected chi connectivity index (χ0v) is 27.0. The predicted molar refractivity (Wildman–Crippen MR) is 180 cm³/mol. The van der Waals surface area contributed by atoms with Crippen molar-refractivity contribution in [3.8, 4) is 11.1 Å². The second kappa shape index (κ2) is 17.3. The Morgan fingerprint density at radius 2 is 1.62 bits per heavy atom. The molecular weight excluding hydrogens is 594 g/mol. The highest BCUT2D eigenvalue weighted by molar-refractivity contribution is 5.78. The molecule has 2 amide bonds. The molecule has 47 heavy (non-hydrogen) atoms. The summed E-state index contributed by atoms with van der Waals surface area (Å²) in [5, 5.41) is 21.1. The van der Waals surface area contributed by atoms with Crippen molar-refractivity contribution in [3.63, 3.8) is 0 Å². The van der Waals surface area contributed by atoms with Crippen LogP contribution in [0.25, 0.3) is 11.1 Å². The van der Waals surface area contributed by atoms with Gasteiger partial charge < -0.3 is 19.9 Å². The van der Waals surface area contributed by atoms with Gasteiger partial charge in [0.25, 0.3) is 0 Å². The van der Waals surface area contributed by atoms with Gasteiger partial charge in [0.1, 0.15) is 0 Å². The Balaban J connectivity index is 1.31. The Morgan fingerprint density at radius 1 is 0.894 bits per heavy atom. The highest BCUT2D eigenvalue weighted by atomic mass is 16.7. The molecule has 1 saturated heterocycles. The molecule has 250 valence electrons. The standard InChI is InChI=1S/C38H47N3O6/c1-2-20-41(33-12-3-4-13-33)25-34-23-35(29-18-16-27(26-42)17-19-29)47-38(46-34)32-11-6-10-31(22-32)30-9-5-8-28(21-30)24-39-36(43)14-7-15-37(44)40-45/h2,5-6,8-11,16-19,21-22,33-35,38,42,45H,1,3-4,7,12-15,20,23-26H2,(H,39,43)(H,40,44)/t34-,35+,38+/m0/s1. The van der Waals surface area contributed by atoms with Gasteiger partial charge in [-0.2, -0.15) is 0 Å². The van der Waals surface area contributed by atoms with Crippen LogP contribution in [0.4, 0.5) is 0 Å². The molecule has 2 aliphatic rings. The van der Waals surface area contributed by atoms with Crippen LogP contribution in [0.5, 0.6) is 0 Å². The van der Waals surface area contributed by atoms with Crippen molar-refractivity contribution in [2.75, 3.05) is 13.1 Å². The molecule has 0 radical (unpaired) electrons. The van der Waals surface area contributed by atoms with Gasteiger partial charge in [-0.3, -0.25) is 19.7 Å². The Bertz CT molecular complexity index is 1470. The van der Waals surface area contributed by atoms with Crippen LogP contribution in [0, 0.1) is 0 Å². The van der Waals surface area contributed by atoms with Gasteiger partial charge in [0.2, 0.25) is 11.8 Å². The number of amides is 2. The van der Waals surface area contributed by atoms with Crippen LogP contribution < -0.4 is 10.8 Å². The van der Waals surface area contributed by atoms with Crippen LogP contribution in [0.1, 0.15) is 86.0 Å². The Kier molecular flexibility index (Phi) is 12.7. The maximum absolute atomic E-state index is 12.3. The van der Waals surface area contributed by atoms with Crippen LogP contribution in [0.15, 0.2) is 85.5 Å². The van der Waals surface area contributed by atoms with Crippen LogP contribution in [-0.2, 0) is 32.2 Å². The van der Waals surface area contributed by atoms with Crippen LogP contribution in [0.2, 0.25) is 0 Å². The minimum atomic E-state index is -0.555. The SMILES string of the molecule is C=CCN(C[C@@H]1C[C@H](c2ccc(CO)cc2)O[C@H](c2cccc(-c3cccc(CNC(=O)CCCC(=O)NO)c3)c2)O1)C1CCCC1. The van der Waals surface area contributed by atoms with E-state index in [9.17, 15) is 14.7 Å². The zero-order chi connectivity index (χ0) is 33.0. The molecule has 0 bridgehead atoms. The van der Waals surface area contributed by atoms with Gasteiger partial charge in [0, 0.05) is 50.5 Å². The summed E-state index contributed by atoms with van der Waals surface area (Å²) in [6.45, 7) is 6.04. The third-order valence-electron chi connectivity index (χ3n) is 9.10. The van der Waals surface area contributed by atoms with Crippen molar-refractivity contribution in [2.45, 2.75) is 89.1 Å². The molecule has 9 heteroatoms. The van der Waals surface area contributed by atoms with E-state index in [1.165, 1.54) is 25.7 Å². The number of aliphatic hydroxyl groups excluding tert-OH is 1. The van der Waals surface area contributed by atoms with Crippen LogP contribution in [-0.4, -0.2) is 52.3 Å². The molecule has 9 nitrogen and oxygen atoms in total. The highest BCUT2D eigenvalue weighted by Gasteiger charge is 2.34. The number of nitrogens with one attached hydrogen (secondary N) is 2. The van der Waals surface area contributed by atoms with Crippen molar-refractivity contribution in [1.29, 1.82) is 0 Å². The van der Waals surface area contributed by atoms with E-state index in [1.807, 2.05) is 60.7 Å². The third-order valence-corrected chi connectivity index (χ3v) is 9.10. The average Bonchev–Trinajstić information content (AvgIpc) is 3.66. The molecule has 1 aliphatic carbocycles. The van der Waals surface area contributed by atoms with Gasteiger partial charge in [0.05, 0.1) is 18.8 Å². The number of ether oxygens (including phenoxy) is 2. The fourth-order valence-corrected chi connectivity index (χ4v) is 6.58. The smallest absolute Gasteiger partial charge is 0.243 e. The molecule has 1 saturated carbocycles. The normalized spacial score (nSPS) is 19.9. The van der Waals surface area contributed by atoms with Crippen molar-refractivity contribution in [2.24, 2.45) is 0 Å². The first-order valence-corrected chi connectivity index (χ1v) is 16.7. The van der Waals surface area contributed by atoms with Gasteiger partial charge >= 0.3 is 0 Å². The molecule has 3 aromatic carbocycles. The van der Waals surface area contributed by atoms with E-state index in [4.69, 9.17) is 14.7 Å². The van der Waals surface area contributed by atoms with E-state index in [0.717, 1.165) is 52.9 Å². The molecular formula is C38H47N3O6. The van der Waals surface area contributed by atoms with E-state index < -0.39 is 12.2 Å². The Labute approximate surface area is 277 Å². The number of hydrogen-bond acceptors (Lipinski definition) is 7. The number of benzene rings is 3. The quantitative estimate of drug-likeness (QED) is 0.0898. The van der Waals surface area contributed by atoms with Crippen molar-refractivity contribution < 1.29 is 29.4 Å². The Morgan fingerprint density at radius 3 is 2.34 bits per heavy atom. The van der Waals surface area contributed by atoms with E-state index in [0.29, 0.717) is 19.0 Å². The summed E-state index contributed by atoms with van der Waals surface area (Å²) in [6.07, 6.45) is 7.58. The van der Waals surface area contributed by atoms with Crippen molar-refractivity contribution in [1.82, 2.24) is 15.7 Å². The molecule has 2 fully saturated rings. The molecule has 4 N–H and O–H groups in total. The first-order valence-electron chi connectivity index (χ1n) is 16.7. The molecule has 1 heterocycles. The average molecular weight is 642 g/mol. The van der Waals surface area contributed by atoms with Crippen molar-refractivity contribution in [3.05, 3.63) is 108 Å². The van der Waals surface area contributed by atoms with Crippen LogP contribution >= 0.6 is 0 Å². The van der Waals surface area contributed by atoms with Gasteiger partial charge in [-0.15, -0.1) is 6.58 Å². The number of hydroxylamine groups is 1. The van der Waals surface area contributed by atoms with E-state index in [2.05, 4.69) is 35.0 Å². The van der Waals surface area contributed by atoms with Gasteiger partial charge in [-0.25, -0.2) is 5.48 Å². The summed E-state index contributed by atoms with van der Waals surface area (Å²) in [5.74, 6) is -0.650. The largest absolute Gasteiger partial charge is 0.392 e. The third kappa shape index (κ3) is 9.82. The van der Waals surface area contributed by atoms with Crippen LogP contribution in [0.3, 0.4) is 0 Å². The fourth-order valence-electron chi connectivity index (χ4n) is 6.58. The number of rotatable bonds is 15. The summed E-state index contributed by atoms with van der Waals surface area (Å²) in [5.41, 5.74) is 7.45. The lowest BCUT2D eigenvalue weighted by atomic mass is 9.98. The maximum Gasteiger partial charge on any atom is 0.243 e. The lowest BCUT2D eigenvalue weighted by molar-refractivity contribution is -0.253. The number of carbonyl (C=O) groups excluding carboxylic acids is 2. The monoisotopic (exact) mass is 641 g/mol. The zero-order valence-electron chi connectivity index (χ0n) is 27.0. The molecule has 3 atom stereocenters. The van der Waals surface area contributed by atoms with Gasteiger partial charge in [0.15, 0.2) is 6.29 Å². The first-order chi connectivity index (χ1) is 22.9. The number of hydrogen-bond donors (Lipinski definition) is 4. The second-order valence-electron chi connectivity index (χ2n) is 12.5. The number of carbonyl (C=O) groups is 2. The lowest BCUT2D eigenvalue weighted by Gasteiger charge is -2.39. The van der Waals surface area contributed by atoms with Gasteiger partial charge in [-0.1, -0.05) is 79.6 Å². The van der Waals surface area contributed by atoms with E-state index in [1.54, 1.807) is 5.48 Å². The predicted octanol–water partition coefficient (Wildman–Crippen LogP) is 6.11. The molecule has 3 aromatic rings. The first kappa shape index (κ1) is 34.5. The Hall–Kier alpha value is -3.86. The second-order valence-corrected chi connectivity index (χ2v) is 12.5. The summed E-state index contributed by atoms with van der Waals surface area (Å²) >= 11 is 0. The van der Waals surface area contributed by atoms with E-state index >= 15 is 0 Å². The fraction of sp³-hybridized carbons (Fsp3) is 0.421. The topological polar surface area (TPSA) is 120 Å². The lowest BCUT2D eigenvalue weighted by Crippen LogP contribution is -2.43.